The Labute approximate surface area is 214 Å². The van der Waals surface area contributed by atoms with E-state index in [1.807, 2.05) is 18.2 Å². The molecule has 0 N–H and O–H groups in total. The van der Waals surface area contributed by atoms with Gasteiger partial charge in [0.15, 0.2) is 0 Å². The van der Waals surface area contributed by atoms with Gasteiger partial charge in [0.2, 0.25) is 0 Å². The van der Waals surface area contributed by atoms with Crippen molar-refractivity contribution in [2.75, 3.05) is 0 Å². The Morgan fingerprint density at radius 3 is 1.97 bits per heavy atom. The zero-order valence-corrected chi connectivity index (χ0v) is 22.5. The van der Waals surface area contributed by atoms with Crippen molar-refractivity contribution in [3.63, 3.8) is 0 Å². The van der Waals surface area contributed by atoms with Gasteiger partial charge in [-0.05, 0) is 67.3 Å². The molecule has 3 heteroatoms. The lowest BCUT2D eigenvalue weighted by Crippen LogP contribution is -2.15. The van der Waals surface area contributed by atoms with Crippen LogP contribution in [0.2, 0.25) is 0 Å². The number of unbranched alkanes of at least 4 members (excludes halogenated alkanes) is 8. The van der Waals surface area contributed by atoms with Crippen LogP contribution < -0.4 is 0 Å². The van der Waals surface area contributed by atoms with E-state index in [-0.39, 0.29) is 5.82 Å². The number of rotatable bonds is 16. The highest BCUT2D eigenvalue weighted by Crippen LogP contribution is 2.34. The number of aromatic nitrogens is 2. The van der Waals surface area contributed by atoms with E-state index in [0.29, 0.717) is 11.3 Å². The van der Waals surface area contributed by atoms with Gasteiger partial charge in [-0.3, -0.25) is 0 Å². The van der Waals surface area contributed by atoms with Crippen LogP contribution in [0.4, 0.5) is 4.39 Å². The first-order valence-electron chi connectivity index (χ1n) is 14.8. The molecule has 0 saturated heterocycles. The van der Waals surface area contributed by atoms with E-state index >= 15 is 0 Å². The van der Waals surface area contributed by atoms with E-state index < -0.39 is 0 Å². The zero-order chi connectivity index (χ0) is 24.7. The van der Waals surface area contributed by atoms with Gasteiger partial charge in [-0.2, -0.15) is 10.2 Å². The van der Waals surface area contributed by atoms with E-state index in [4.69, 9.17) is 0 Å². The van der Waals surface area contributed by atoms with Gasteiger partial charge in [-0.25, -0.2) is 4.39 Å². The van der Waals surface area contributed by atoms with Gasteiger partial charge in [0, 0.05) is 5.56 Å². The average Bonchev–Trinajstić information content (AvgIpc) is 2.88. The molecule has 1 aliphatic carbocycles. The van der Waals surface area contributed by atoms with E-state index in [2.05, 4.69) is 30.1 Å². The van der Waals surface area contributed by atoms with Gasteiger partial charge >= 0.3 is 0 Å². The molecule has 2 nitrogen and oxygen atoms in total. The van der Waals surface area contributed by atoms with Crippen LogP contribution in [0, 0.1) is 17.7 Å². The Morgan fingerprint density at radius 2 is 1.34 bits per heavy atom. The van der Waals surface area contributed by atoms with Crippen LogP contribution in [-0.4, -0.2) is 10.2 Å². The number of benzene rings is 1. The van der Waals surface area contributed by atoms with Crippen molar-refractivity contribution in [3.05, 3.63) is 47.4 Å². The summed E-state index contributed by atoms with van der Waals surface area (Å²) in [5.41, 5.74) is 3.32. The molecule has 1 heterocycles. The van der Waals surface area contributed by atoms with Crippen molar-refractivity contribution in [1.82, 2.24) is 10.2 Å². The molecule has 0 radical (unpaired) electrons. The van der Waals surface area contributed by atoms with Gasteiger partial charge in [0.05, 0.1) is 11.4 Å². The van der Waals surface area contributed by atoms with E-state index in [1.165, 1.54) is 96.3 Å². The third-order valence-corrected chi connectivity index (χ3v) is 8.09. The summed E-state index contributed by atoms with van der Waals surface area (Å²) >= 11 is 0. The smallest absolute Gasteiger partial charge is 0.132 e. The van der Waals surface area contributed by atoms with Gasteiger partial charge in [0.25, 0.3) is 0 Å². The lowest BCUT2D eigenvalue weighted by atomic mass is 9.77. The molecular formula is C32H49FN2. The van der Waals surface area contributed by atoms with Crippen LogP contribution in [0.25, 0.3) is 11.3 Å². The highest BCUT2D eigenvalue weighted by atomic mass is 19.1. The first-order chi connectivity index (χ1) is 17.2. The molecule has 1 aromatic heterocycles. The Morgan fingerprint density at radius 1 is 0.686 bits per heavy atom. The third kappa shape index (κ3) is 10.0. The third-order valence-electron chi connectivity index (χ3n) is 8.09. The van der Waals surface area contributed by atoms with Gasteiger partial charge in [-0.15, -0.1) is 0 Å². The fourth-order valence-electron chi connectivity index (χ4n) is 5.68. The largest absolute Gasteiger partial charge is 0.206 e. The summed E-state index contributed by atoms with van der Waals surface area (Å²) in [6.07, 6.45) is 23.3. The first kappa shape index (κ1) is 27.8. The maximum Gasteiger partial charge on any atom is 0.132 e. The van der Waals surface area contributed by atoms with Crippen LogP contribution in [0.1, 0.15) is 128 Å². The predicted molar refractivity (Wildman–Crippen MR) is 147 cm³/mol. The molecule has 0 bridgehead atoms. The molecule has 0 atom stereocenters. The van der Waals surface area contributed by atoms with Gasteiger partial charge in [-0.1, -0.05) is 110 Å². The Hall–Kier alpha value is -1.77. The molecule has 3 rings (SSSR count). The maximum atomic E-state index is 14.9. The minimum Gasteiger partial charge on any atom is -0.206 e. The highest BCUT2D eigenvalue weighted by molar-refractivity contribution is 5.59. The summed E-state index contributed by atoms with van der Waals surface area (Å²) < 4.78 is 14.9. The summed E-state index contributed by atoms with van der Waals surface area (Å²) in [5.74, 6) is 1.60. The normalized spacial score (nSPS) is 18.1. The van der Waals surface area contributed by atoms with Gasteiger partial charge in [0.1, 0.15) is 5.82 Å². The summed E-state index contributed by atoms with van der Waals surface area (Å²) in [7, 11) is 0. The number of hydrogen-bond donors (Lipinski definition) is 0. The van der Waals surface area contributed by atoms with Crippen LogP contribution in [0.3, 0.4) is 0 Å². The van der Waals surface area contributed by atoms with Crippen molar-refractivity contribution < 1.29 is 4.39 Å². The molecule has 0 aliphatic heterocycles. The van der Waals surface area contributed by atoms with E-state index in [1.54, 1.807) is 6.07 Å². The van der Waals surface area contributed by atoms with Crippen molar-refractivity contribution >= 4 is 0 Å². The lowest BCUT2D eigenvalue weighted by molar-refractivity contribution is 0.248. The summed E-state index contributed by atoms with van der Waals surface area (Å²) in [5, 5.41) is 8.68. The SMILES string of the molecule is CCCCCCCc1ccc(-c2ccc(CCC3CCC(CCCCCCC)CC3)cc2F)nn1. The molecular weight excluding hydrogens is 431 g/mol. The fraction of sp³-hybridized carbons (Fsp3) is 0.688. The predicted octanol–water partition coefficient (Wildman–Crippen LogP) is 9.90. The Bertz CT molecular complexity index is 824. The second-order valence-electron chi connectivity index (χ2n) is 11.0. The minimum absolute atomic E-state index is 0.170. The summed E-state index contributed by atoms with van der Waals surface area (Å²) in [4.78, 5) is 0. The maximum absolute atomic E-state index is 14.9. The van der Waals surface area contributed by atoms with Crippen LogP contribution >= 0.6 is 0 Å². The van der Waals surface area contributed by atoms with Crippen LogP contribution in [0.15, 0.2) is 30.3 Å². The highest BCUT2D eigenvalue weighted by Gasteiger charge is 2.21. The summed E-state index contributed by atoms with van der Waals surface area (Å²) in [6, 6.07) is 9.64. The molecule has 194 valence electrons. The molecule has 0 amide bonds. The number of aryl methyl sites for hydroxylation is 2. The number of hydrogen-bond acceptors (Lipinski definition) is 2. The lowest BCUT2D eigenvalue weighted by Gasteiger charge is -2.28. The molecule has 0 unspecified atom stereocenters. The van der Waals surface area contributed by atoms with Crippen LogP contribution in [-0.2, 0) is 12.8 Å². The quantitative estimate of drug-likeness (QED) is 0.223. The Balaban J connectivity index is 1.39. The zero-order valence-electron chi connectivity index (χ0n) is 22.5. The number of halogens is 1. The molecule has 2 aromatic rings. The molecule has 1 aliphatic rings. The van der Waals surface area contributed by atoms with Crippen molar-refractivity contribution in [2.45, 2.75) is 129 Å². The van der Waals surface area contributed by atoms with Gasteiger partial charge < -0.3 is 0 Å². The minimum atomic E-state index is -0.170. The topological polar surface area (TPSA) is 25.8 Å². The monoisotopic (exact) mass is 480 g/mol. The second kappa shape index (κ2) is 16.1. The van der Waals surface area contributed by atoms with Crippen molar-refractivity contribution in [3.8, 4) is 11.3 Å². The molecule has 35 heavy (non-hydrogen) atoms. The second-order valence-corrected chi connectivity index (χ2v) is 11.0. The molecule has 1 saturated carbocycles. The number of nitrogens with zero attached hydrogens (tertiary/aromatic N) is 2. The fourth-order valence-corrected chi connectivity index (χ4v) is 5.68. The van der Waals surface area contributed by atoms with Crippen molar-refractivity contribution in [2.24, 2.45) is 11.8 Å². The standard InChI is InChI=1S/C32H49FN2/c1-3-5-7-9-11-13-26-15-17-27(18-16-26)19-20-28-21-23-30(31(33)25-28)32-24-22-29(34-35-32)14-12-10-8-6-4-2/h21-27H,3-20H2,1-2H3. The average molecular weight is 481 g/mol. The molecule has 1 aromatic carbocycles. The Kier molecular flexibility index (Phi) is 12.8. The van der Waals surface area contributed by atoms with Crippen molar-refractivity contribution in [1.29, 1.82) is 0 Å². The first-order valence-corrected chi connectivity index (χ1v) is 14.8. The van der Waals surface area contributed by atoms with Crippen LogP contribution in [0.5, 0.6) is 0 Å². The van der Waals surface area contributed by atoms with E-state index in [9.17, 15) is 4.39 Å². The summed E-state index contributed by atoms with van der Waals surface area (Å²) in [6.45, 7) is 4.52. The van der Waals surface area contributed by atoms with E-state index in [0.717, 1.165) is 42.4 Å². The molecule has 0 spiro atoms. The molecule has 1 fully saturated rings.